The van der Waals surface area contributed by atoms with E-state index in [1.54, 1.807) is 34.8 Å². The van der Waals surface area contributed by atoms with E-state index in [9.17, 15) is 4.39 Å². The van der Waals surface area contributed by atoms with Crippen molar-refractivity contribution < 1.29 is 4.39 Å². The minimum absolute atomic E-state index is 0.188. The first-order chi connectivity index (χ1) is 12.6. The Morgan fingerprint density at radius 1 is 0.962 bits per heavy atom. The molecule has 136 valence electrons. The molecule has 1 aliphatic heterocycles. The predicted molar refractivity (Wildman–Crippen MR) is 105 cm³/mol. The normalized spacial score (nSPS) is 14.9. The highest BCUT2D eigenvalue weighted by Crippen LogP contribution is 2.28. The lowest BCUT2D eigenvalue weighted by Crippen LogP contribution is -2.46. The lowest BCUT2D eigenvalue weighted by molar-refractivity contribution is 0.613. The van der Waals surface area contributed by atoms with Crippen molar-refractivity contribution in [1.29, 1.82) is 0 Å². The molecule has 0 spiro atoms. The van der Waals surface area contributed by atoms with Gasteiger partial charge in [0.1, 0.15) is 10.8 Å². The smallest absolute Gasteiger partial charge is 0.208 e. The Labute approximate surface area is 160 Å². The van der Waals surface area contributed by atoms with E-state index < -0.39 is 0 Å². The predicted octanol–water partition coefficient (Wildman–Crippen LogP) is 3.67. The number of thiazole rings is 1. The van der Waals surface area contributed by atoms with Crippen LogP contribution in [-0.2, 0) is 6.42 Å². The zero-order chi connectivity index (χ0) is 18.1. The fraction of sp³-hybridized carbons (Fsp3) is 0.389. The molecule has 1 aliphatic rings. The SMILES string of the molecule is Cc1nc(N2CCN(c3nnc(Cc4ccccc4F)s3)CC2)sc1C. The highest BCUT2D eigenvalue weighted by Gasteiger charge is 2.22. The van der Waals surface area contributed by atoms with Crippen LogP contribution in [0.1, 0.15) is 21.1 Å². The molecular weight excluding hydrogens is 369 g/mol. The van der Waals surface area contributed by atoms with Gasteiger partial charge in [-0.3, -0.25) is 0 Å². The van der Waals surface area contributed by atoms with E-state index in [1.807, 2.05) is 6.07 Å². The maximum absolute atomic E-state index is 13.8. The van der Waals surface area contributed by atoms with Gasteiger partial charge in [0.25, 0.3) is 0 Å². The van der Waals surface area contributed by atoms with E-state index in [1.165, 1.54) is 10.9 Å². The van der Waals surface area contributed by atoms with Gasteiger partial charge in [-0.05, 0) is 25.5 Å². The molecule has 0 radical (unpaired) electrons. The molecule has 0 saturated carbocycles. The third kappa shape index (κ3) is 3.57. The molecule has 0 N–H and O–H groups in total. The average Bonchev–Trinajstić information content (AvgIpc) is 3.24. The van der Waals surface area contributed by atoms with E-state index >= 15 is 0 Å². The van der Waals surface area contributed by atoms with Crippen molar-refractivity contribution in [3.63, 3.8) is 0 Å². The first-order valence-electron chi connectivity index (χ1n) is 8.60. The Balaban J connectivity index is 1.39. The van der Waals surface area contributed by atoms with Crippen LogP contribution in [-0.4, -0.2) is 41.4 Å². The highest BCUT2D eigenvalue weighted by atomic mass is 32.1. The molecule has 1 aromatic carbocycles. The summed E-state index contributed by atoms with van der Waals surface area (Å²) in [5, 5.41) is 11.5. The number of aromatic nitrogens is 3. The van der Waals surface area contributed by atoms with E-state index in [-0.39, 0.29) is 5.82 Å². The van der Waals surface area contributed by atoms with Crippen molar-refractivity contribution in [2.45, 2.75) is 20.3 Å². The quantitative estimate of drug-likeness (QED) is 0.681. The number of hydrogen-bond donors (Lipinski definition) is 0. The Morgan fingerprint density at radius 2 is 1.65 bits per heavy atom. The lowest BCUT2D eigenvalue weighted by atomic mass is 10.1. The van der Waals surface area contributed by atoms with Gasteiger partial charge in [0.15, 0.2) is 5.13 Å². The summed E-state index contributed by atoms with van der Waals surface area (Å²) in [6.45, 7) is 7.82. The Hall–Kier alpha value is -2.06. The second-order valence-electron chi connectivity index (χ2n) is 6.36. The van der Waals surface area contributed by atoms with Crippen LogP contribution in [0, 0.1) is 19.7 Å². The minimum Gasteiger partial charge on any atom is -0.345 e. The Bertz CT molecular complexity index is 879. The molecule has 3 heterocycles. The summed E-state index contributed by atoms with van der Waals surface area (Å²) in [6, 6.07) is 6.84. The van der Waals surface area contributed by atoms with Gasteiger partial charge in [-0.25, -0.2) is 9.37 Å². The summed E-state index contributed by atoms with van der Waals surface area (Å²) in [6.07, 6.45) is 0.488. The fourth-order valence-corrected chi connectivity index (χ4v) is 4.80. The van der Waals surface area contributed by atoms with E-state index in [4.69, 9.17) is 0 Å². The Morgan fingerprint density at radius 3 is 2.31 bits per heavy atom. The monoisotopic (exact) mass is 389 g/mol. The van der Waals surface area contributed by atoms with Gasteiger partial charge in [0.2, 0.25) is 5.13 Å². The van der Waals surface area contributed by atoms with Crippen molar-refractivity contribution in [3.8, 4) is 0 Å². The number of hydrogen-bond acceptors (Lipinski definition) is 7. The van der Waals surface area contributed by atoms with Crippen LogP contribution in [0.4, 0.5) is 14.7 Å². The standard InChI is InChI=1S/C18H20FN5S2/c1-12-13(2)25-17(20-12)23-7-9-24(10-8-23)18-22-21-16(26-18)11-14-5-3-4-6-15(14)19/h3-6H,7-11H2,1-2H3. The number of piperazine rings is 1. The summed E-state index contributed by atoms with van der Waals surface area (Å²) in [4.78, 5) is 10.5. The van der Waals surface area contributed by atoms with Crippen LogP contribution >= 0.6 is 22.7 Å². The third-order valence-electron chi connectivity index (χ3n) is 4.59. The molecule has 2 aromatic heterocycles. The molecule has 0 amide bonds. The summed E-state index contributed by atoms with van der Waals surface area (Å²) < 4.78 is 13.8. The van der Waals surface area contributed by atoms with Gasteiger partial charge in [0.05, 0.1) is 5.69 Å². The summed E-state index contributed by atoms with van der Waals surface area (Å²) in [5.74, 6) is -0.188. The van der Waals surface area contributed by atoms with Crippen LogP contribution in [0.15, 0.2) is 24.3 Å². The van der Waals surface area contributed by atoms with Crippen LogP contribution in [0.2, 0.25) is 0 Å². The molecule has 4 rings (SSSR count). The van der Waals surface area contributed by atoms with Crippen LogP contribution in [0.5, 0.6) is 0 Å². The van der Waals surface area contributed by atoms with Gasteiger partial charge in [-0.2, -0.15) is 0 Å². The molecule has 3 aromatic rings. The summed E-state index contributed by atoms with van der Waals surface area (Å²) in [7, 11) is 0. The number of anilines is 2. The minimum atomic E-state index is -0.188. The molecule has 0 unspecified atom stereocenters. The first-order valence-corrected chi connectivity index (χ1v) is 10.2. The van der Waals surface area contributed by atoms with Crippen molar-refractivity contribution in [2.75, 3.05) is 36.0 Å². The van der Waals surface area contributed by atoms with Gasteiger partial charge in [-0.1, -0.05) is 29.5 Å². The molecule has 0 bridgehead atoms. The van der Waals surface area contributed by atoms with Gasteiger partial charge >= 0.3 is 0 Å². The summed E-state index contributed by atoms with van der Waals surface area (Å²) >= 11 is 3.31. The highest BCUT2D eigenvalue weighted by molar-refractivity contribution is 7.15. The van der Waals surface area contributed by atoms with Crippen molar-refractivity contribution in [2.24, 2.45) is 0 Å². The largest absolute Gasteiger partial charge is 0.345 e. The van der Waals surface area contributed by atoms with Crippen LogP contribution in [0.25, 0.3) is 0 Å². The molecule has 0 atom stereocenters. The molecule has 26 heavy (non-hydrogen) atoms. The van der Waals surface area contributed by atoms with Gasteiger partial charge < -0.3 is 9.80 Å². The van der Waals surface area contributed by atoms with E-state index in [0.717, 1.165) is 47.1 Å². The van der Waals surface area contributed by atoms with Crippen LogP contribution < -0.4 is 9.80 Å². The number of halogens is 1. The van der Waals surface area contributed by atoms with Gasteiger partial charge in [0, 0.05) is 37.5 Å². The topological polar surface area (TPSA) is 45.2 Å². The Kier molecular flexibility index (Phi) is 4.86. The maximum atomic E-state index is 13.8. The van der Waals surface area contributed by atoms with Crippen LogP contribution in [0.3, 0.4) is 0 Å². The first kappa shape index (κ1) is 17.4. The zero-order valence-corrected chi connectivity index (χ0v) is 16.4. The second kappa shape index (κ2) is 7.28. The molecule has 5 nitrogen and oxygen atoms in total. The van der Waals surface area contributed by atoms with Gasteiger partial charge in [-0.15, -0.1) is 21.5 Å². The van der Waals surface area contributed by atoms with E-state index in [2.05, 4.69) is 38.8 Å². The van der Waals surface area contributed by atoms with Crippen molar-refractivity contribution >= 4 is 32.9 Å². The second-order valence-corrected chi connectivity index (χ2v) is 8.58. The van der Waals surface area contributed by atoms with Crippen molar-refractivity contribution in [3.05, 3.63) is 51.2 Å². The number of nitrogens with zero attached hydrogens (tertiary/aromatic N) is 5. The maximum Gasteiger partial charge on any atom is 0.208 e. The molecular formula is C18H20FN5S2. The number of benzene rings is 1. The zero-order valence-electron chi connectivity index (χ0n) is 14.8. The third-order valence-corrected chi connectivity index (χ3v) is 6.71. The molecule has 8 heteroatoms. The average molecular weight is 390 g/mol. The lowest BCUT2D eigenvalue weighted by Gasteiger charge is -2.34. The summed E-state index contributed by atoms with van der Waals surface area (Å²) in [5.41, 5.74) is 1.78. The molecule has 0 aliphatic carbocycles. The fourth-order valence-electron chi connectivity index (χ4n) is 2.93. The molecule has 1 saturated heterocycles. The van der Waals surface area contributed by atoms with Crippen molar-refractivity contribution in [1.82, 2.24) is 15.2 Å². The number of aryl methyl sites for hydroxylation is 2. The number of rotatable bonds is 4. The van der Waals surface area contributed by atoms with E-state index in [0.29, 0.717) is 12.0 Å². The molecule has 1 fully saturated rings.